The average molecular weight is 644 g/mol. The second-order valence-corrected chi connectivity index (χ2v) is 13.1. The van der Waals surface area contributed by atoms with Gasteiger partial charge in [-0.3, -0.25) is 4.98 Å². The Morgan fingerprint density at radius 3 is 1.80 bits per heavy atom. The van der Waals surface area contributed by atoms with E-state index in [-0.39, 0.29) is 0 Å². The second kappa shape index (κ2) is 12.4. The Morgan fingerprint density at radius 2 is 1.02 bits per heavy atom. The van der Waals surface area contributed by atoms with Crippen molar-refractivity contribution in [1.29, 1.82) is 0 Å². The smallest absolute Gasteiger partial charge is 0.160 e. The topological polar surface area (TPSA) is 38.7 Å². The highest BCUT2D eigenvalue weighted by Gasteiger charge is 2.19. The molecule has 0 amide bonds. The first-order chi connectivity index (χ1) is 24.3. The zero-order valence-electron chi connectivity index (χ0n) is 26.5. The number of aromatic nitrogens is 3. The molecule has 0 saturated carbocycles. The number of rotatable bonds is 6. The highest BCUT2D eigenvalue weighted by molar-refractivity contribution is 7.25. The zero-order chi connectivity index (χ0) is 32.6. The summed E-state index contributed by atoms with van der Waals surface area (Å²) >= 11 is 1.82. The zero-order valence-corrected chi connectivity index (χ0v) is 27.3. The van der Waals surface area contributed by atoms with Crippen molar-refractivity contribution < 1.29 is 0 Å². The molecule has 0 aliphatic rings. The van der Waals surface area contributed by atoms with E-state index in [0.717, 1.165) is 50.5 Å². The molecule has 49 heavy (non-hydrogen) atoms. The van der Waals surface area contributed by atoms with Crippen LogP contribution in [-0.2, 0) is 0 Å². The number of hydrogen-bond donors (Lipinski definition) is 0. The molecule has 6 aromatic carbocycles. The fraction of sp³-hybridized carbons (Fsp3) is 0. The molecular formula is C45H29N3S. The van der Waals surface area contributed by atoms with Gasteiger partial charge in [0.25, 0.3) is 0 Å². The third kappa shape index (κ3) is 5.38. The number of fused-ring (bicyclic) bond motifs is 3. The van der Waals surface area contributed by atoms with E-state index in [1.165, 1.54) is 31.3 Å². The standard InChI is InChI=1S/C45H29N3S/c1-4-14-30(15-5-1)34-26-25-33(28-38(34)31-16-6-2-7-17-31)39-29-40(48-45(47-39)32-18-8-3-9-19-32)35-22-13-27-46-44(35)37-21-12-24-42-43(37)36-20-10-11-23-41(36)49-42/h1-29H. The number of thiophene rings is 1. The molecule has 230 valence electrons. The summed E-state index contributed by atoms with van der Waals surface area (Å²) < 4.78 is 2.52. The van der Waals surface area contributed by atoms with Crippen molar-refractivity contribution in [2.24, 2.45) is 0 Å². The van der Waals surface area contributed by atoms with Gasteiger partial charge in [0.1, 0.15) is 0 Å². The molecule has 9 aromatic rings. The summed E-state index contributed by atoms with van der Waals surface area (Å²) in [4.78, 5) is 15.4. The fourth-order valence-electron chi connectivity index (χ4n) is 6.68. The van der Waals surface area contributed by atoms with Crippen LogP contribution in [0.15, 0.2) is 176 Å². The number of benzene rings is 6. The molecule has 0 fully saturated rings. The lowest BCUT2D eigenvalue weighted by molar-refractivity contribution is 1.18. The lowest BCUT2D eigenvalue weighted by Gasteiger charge is -2.15. The molecule has 0 saturated heterocycles. The van der Waals surface area contributed by atoms with Gasteiger partial charge in [0.2, 0.25) is 0 Å². The maximum atomic E-state index is 5.21. The number of hydrogen-bond acceptors (Lipinski definition) is 4. The fourth-order valence-corrected chi connectivity index (χ4v) is 7.81. The van der Waals surface area contributed by atoms with Crippen LogP contribution < -0.4 is 0 Å². The molecular weight excluding hydrogens is 615 g/mol. The van der Waals surface area contributed by atoms with Gasteiger partial charge < -0.3 is 0 Å². The van der Waals surface area contributed by atoms with Crippen molar-refractivity contribution in [3.05, 3.63) is 176 Å². The monoisotopic (exact) mass is 643 g/mol. The maximum Gasteiger partial charge on any atom is 0.160 e. The van der Waals surface area contributed by atoms with E-state index in [1.807, 2.05) is 41.8 Å². The highest BCUT2D eigenvalue weighted by atomic mass is 32.1. The molecule has 3 heterocycles. The lowest BCUT2D eigenvalue weighted by atomic mass is 9.91. The first kappa shape index (κ1) is 29.0. The molecule has 0 radical (unpaired) electrons. The largest absolute Gasteiger partial charge is 0.256 e. The third-order valence-electron chi connectivity index (χ3n) is 8.98. The first-order valence-corrected chi connectivity index (χ1v) is 17.2. The summed E-state index contributed by atoms with van der Waals surface area (Å²) in [6.07, 6.45) is 1.88. The molecule has 0 atom stereocenters. The van der Waals surface area contributed by atoms with Crippen LogP contribution in [0.2, 0.25) is 0 Å². The number of pyridine rings is 1. The van der Waals surface area contributed by atoms with E-state index < -0.39 is 0 Å². The molecule has 0 spiro atoms. The molecule has 3 aromatic heterocycles. The summed E-state index contributed by atoms with van der Waals surface area (Å²) in [6, 6.07) is 59.4. The van der Waals surface area contributed by atoms with Crippen molar-refractivity contribution in [3.8, 4) is 67.4 Å². The maximum absolute atomic E-state index is 5.21. The Balaban J connectivity index is 1.27. The quantitative estimate of drug-likeness (QED) is 0.181. The van der Waals surface area contributed by atoms with Gasteiger partial charge in [-0.15, -0.1) is 11.3 Å². The summed E-state index contributed by atoms with van der Waals surface area (Å²) in [6.45, 7) is 0. The average Bonchev–Trinajstić information content (AvgIpc) is 3.58. The third-order valence-corrected chi connectivity index (χ3v) is 10.1. The summed E-state index contributed by atoms with van der Waals surface area (Å²) in [5, 5.41) is 2.47. The minimum absolute atomic E-state index is 0.676. The van der Waals surface area contributed by atoms with Gasteiger partial charge in [-0.2, -0.15) is 0 Å². The Kier molecular flexibility index (Phi) is 7.34. The van der Waals surface area contributed by atoms with E-state index >= 15 is 0 Å². The summed E-state index contributed by atoms with van der Waals surface area (Å²) in [5.41, 5.74) is 11.3. The van der Waals surface area contributed by atoms with Crippen molar-refractivity contribution in [2.75, 3.05) is 0 Å². The molecule has 0 aliphatic heterocycles. The van der Waals surface area contributed by atoms with Gasteiger partial charge in [-0.05, 0) is 58.7 Å². The molecule has 0 bridgehead atoms. The summed E-state index contributed by atoms with van der Waals surface area (Å²) in [7, 11) is 0. The van der Waals surface area contributed by atoms with E-state index in [2.05, 4.69) is 146 Å². The van der Waals surface area contributed by atoms with Gasteiger partial charge in [-0.1, -0.05) is 133 Å². The minimum atomic E-state index is 0.676. The minimum Gasteiger partial charge on any atom is -0.256 e. The highest BCUT2D eigenvalue weighted by Crippen LogP contribution is 2.42. The van der Waals surface area contributed by atoms with E-state index in [9.17, 15) is 0 Å². The van der Waals surface area contributed by atoms with E-state index in [1.54, 1.807) is 0 Å². The van der Waals surface area contributed by atoms with Crippen LogP contribution in [0, 0.1) is 0 Å². The summed E-state index contributed by atoms with van der Waals surface area (Å²) in [5.74, 6) is 0.676. The predicted molar refractivity (Wildman–Crippen MR) is 205 cm³/mol. The van der Waals surface area contributed by atoms with Crippen LogP contribution in [0.1, 0.15) is 0 Å². The van der Waals surface area contributed by atoms with Gasteiger partial charge in [0, 0.05) is 48.6 Å². The van der Waals surface area contributed by atoms with Crippen molar-refractivity contribution in [2.45, 2.75) is 0 Å². The molecule has 9 rings (SSSR count). The van der Waals surface area contributed by atoms with Crippen LogP contribution in [0.3, 0.4) is 0 Å². The van der Waals surface area contributed by atoms with Gasteiger partial charge >= 0.3 is 0 Å². The van der Waals surface area contributed by atoms with Gasteiger partial charge in [0.15, 0.2) is 5.82 Å². The molecule has 4 heteroatoms. The van der Waals surface area contributed by atoms with Gasteiger partial charge in [-0.25, -0.2) is 9.97 Å². The Bertz CT molecular complexity index is 2590. The Labute approximate surface area is 288 Å². The Morgan fingerprint density at radius 1 is 0.388 bits per heavy atom. The number of nitrogens with zero attached hydrogens (tertiary/aromatic N) is 3. The SMILES string of the molecule is c1ccc(-c2nc(-c3ccc(-c4ccccc4)c(-c4ccccc4)c3)cc(-c3cccnc3-c3cccc4sc5ccccc5c34)n2)cc1. The molecule has 3 nitrogen and oxygen atoms in total. The molecule has 0 N–H and O–H groups in total. The Hall–Kier alpha value is -6.23. The predicted octanol–water partition coefficient (Wildman–Crippen LogP) is 12.2. The molecule has 0 unspecified atom stereocenters. The first-order valence-electron chi connectivity index (χ1n) is 16.4. The van der Waals surface area contributed by atoms with Crippen LogP contribution in [-0.4, -0.2) is 15.0 Å². The van der Waals surface area contributed by atoms with Gasteiger partial charge in [0.05, 0.1) is 17.1 Å². The van der Waals surface area contributed by atoms with Crippen LogP contribution in [0.5, 0.6) is 0 Å². The normalized spacial score (nSPS) is 11.3. The van der Waals surface area contributed by atoms with E-state index in [4.69, 9.17) is 15.0 Å². The van der Waals surface area contributed by atoms with Crippen molar-refractivity contribution in [3.63, 3.8) is 0 Å². The van der Waals surface area contributed by atoms with E-state index in [0.29, 0.717) is 5.82 Å². The van der Waals surface area contributed by atoms with Crippen LogP contribution in [0.4, 0.5) is 0 Å². The van der Waals surface area contributed by atoms with Crippen molar-refractivity contribution >= 4 is 31.5 Å². The lowest BCUT2D eigenvalue weighted by Crippen LogP contribution is -1.98. The van der Waals surface area contributed by atoms with Crippen LogP contribution in [0.25, 0.3) is 87.6 Å². The van der Waals surface area contributed by atoms with Crippen molar-refractivity contribution in [1.82, 2.24) is 15.0 Å². The van der Waals surface area contributed by atoms with Crippen LogP contribution >= 0.6 is 11.3 Å². The second-order valence-electron chi connectivity index (χ2n) is 12.0. The molecule has 0 aliphatic carbocycles.